The zero-order chi connectivity index (χ0) is 16.9. The third kappa shape index (κ3) is 3.48. The highest BCUT2D eigenvalue weighted by molar-refractivity contribution is 5.78. The third-order valence-electron chi connectivity index (χ3n) is 3.98. The molecule has 0 bridgehead atoms. The van der Waals surface area contributed by atoms with Crippen molar-refractivity contribution in [3.8, 4) is 5.75 Å². The number of ether oxygens (including phenoxy) is 1. The number of nitrogens with one attached hydrogen (secondary N) is 2. The van der Waals surface area contributed by atoms with E-state index in [1.165, 1.54) is 0 Å². The summed E-state index contributed by atoms with van der Waals surface area (Å²) in [5, 5.41) is 14.4. The van der Waals surface area contributed by atoms with Crippen LogP contribution in [0.15, 0.2) is 59.4 Å². The minimum Gasteiger partial charge on any atom is -0.496 e. The molecule has 0 saturated heterocycles. The molecule has 24 heavy (non-hydrogen) atoms. The van der Waals surface area contributed by atoms with Crippen molar-refractivity contribution in [2.75, 3.05) is 13.7 Å². The molecule has 0 fully saturated rings. The molecule has 0 radical (unpaired) electrons. The maximum absolute atomic E-state index is 12.1. The highest BCUT2D eigenvalue weighted by atomic mass is 16.5. The van der Waals surface area contributed by atoms with Crippen molar-refractivity contribution >= 4 is 10.9 Å². The number of fused-ring (bicyclic) bond motifs is 1. The zero-order valence-corrected chi connectivity index (χ0v) is 13.5. The Labute approximate surface area is 139 Å². The monoisotopic (exact) mass is 324 g/mol. The van der Waals surface area contributed by atoms with Gasteiger partial charge in [-0.15, -0.1) is 0 Å². The zero-order valence-electron chi connectivity index (χ0n) is 13.5. The highest BCUT2D eigenvalue weighted by Crippen LogP contribution is 2.24. The quantitative estimate of drug-likeness (QED) is 0.651. The molecule has 0 unspecified atom stereocenters. The number of pyridine rings is 1. The van der Waals surface area contributed by atoms with Crippen molar-refractivity contribution in [1.82, 2.24) is 10.3 Å². The lowest BCUT2D eigenvalue weighted by molar-refractivity contribution is 0.170. The van der Waals surface area contributed by atoms with Gasteiger partial charge in [0, 0.05) is 29.7 Å². The molecule has 5 nitrogen and oxygen atoms in total. The predicted molar refractivity (Wildman–Crippen MR) is 94.2 cm³/mol. The Balaban J connectivity index is 1.68. The second-order valence-electron chi connectivity index (χ2n) is 5.60. The summed E-state index contributed by atoms with van der Waals surface area (Å²) in [4.78, 5) is 15.0. The average molecular weight is 324 g/mol. The molecular weight excluding hydrogens is 304 g/mol. The van der Waals surface area contributed by atoms with Gasteiger partial charge in [0.15, 0.2) is 0 Å². The molecule has 0 aliphatic rings. The Morgan fingerprint density at radius 3 is 2.75 bits per heavy atom. The van der Waals surface area contributed by atoms with Gasteiger partial charge < -0.3 is 20.1 Å². The molecule has 0 spiro atoms. The molecule has 124 valence electrons. The Morgan fingerprint density at radius 1 is 1.17 bits per heavy atom. The topological polar surface area (TPSA) is 74.3 Å². The summed E-state index contributed by atoms with van der Waals surface area (Å²) >= 11 is 0. The fourth-order valence-corrected chi connectivity index (χ4v) is 2.72. The van der Waals surface area contributed by atoms with Crippen LogP contribution in [0.4, 0.5) is 0 Å². The smallest absolute Gasteiger partial charge is 0.252 e. The van der Waals surface area contributed by atoms with Gasteiger partial charge in [0.2, 0.25) is 0 Å². The largest absolute Gasteiger partial charge is 0.496 e. The molecule has 3 aromatic rings. The van der Waals surface area contributed by atoms with E-state index in [0.717, 1.165) is 16.5 Å². The molecule has 0 aliphatic carbocycles. The molecular formula is C19H20N2O3. The van der Waals surface area contributed by atoms with Gasteiger partial charge in [-0.2, -0.15) is 0 Å². The lowest BCUT2D eigenvalue weighted by Gasteiger charge is -2.15. The van der Waals surface area contributed by atoms with E-state index in [4.69, 9.17) is 4.74 Å². The number of para-hydroxylation sites is 2. The number of rotatable bonds is 6. The molecule has 0 saturated carbocycles. The summed E-state index contributed by atoms with van der Waals surface area (Å²) in [6, 6.07) is 16.9. The van der Waals surface area contributed by atoms with E-state index < -0.39 is 6.10 Å². The van der Waals surface area contributed by atoms with Crippen LogP contribution >= 0.6 is 0 Å². The highest BCUT2D eigenvalue weighted by Gasteiger charge is 2.12. The van der Waals surface area contributed by atoms with Gasteiger partial charge in [0.1, 0.15) is 5.75 Å². The van der Waals surface area contributed by atoms with Crippen LogP contribution in [-0.2, 0) is 6.54 Å². The van der Waals surface area contributed by atoms with Crippen LogP contribution in [0.3, 0.4) is 0 Å². The average Bonchev–Trinajstić information content (AvgIpc) is 2.62. The molecule has 5 heteroatoms. The minimum absolute atomic E-state index is 0.118. The van der Waals surface area contributed by atoms with Crippen molar-refractivity contribution in [1.29, 1.82) is 0 Å². The predicted octanol–water partition coefficient (Wildman–Crippen LogP) is 2.36. The summed E-state index contributed by atoms with van der Waals surface area (Å²) in [7, 11) is 1.58. The van der Waals surface area contributed by atoms with Crippen molar-refractivity contribution in [2.45, 2.75) is 12.6 Å². The molecule has 3 rings (SSSR count). The second kappa shape index (κ2) is 7.29. The van der Waals surface area contributed by atoms with Crippen molar-refractivity contribution in [3.63, 3.8) is 0 Å². The first-order chi connectivity index (χ1) is 11.7. The number of aliphatic hydroxyl groups is 1. The van der Waals surface area contributed by atoms with Crippen LogP contribution in [0.1, 0.15) is 17.2 Å². The lowest BCUT2D eigenvalue weighted by atomic mass is 10.1. The number of hydrogen-bond donors (Lipinski definition) is 3. The number of methoxy groups -OCH3 is 1. The first kappa shape index (κ1) is 16.2. The minimum atomic E-state index is -0.708. The van der Waals surface area contributed by atoms with E-state index >= 15 is 0 Å². The van der Waals surface area contributed by atoms with Gasteiger partial charge in [0.05, 0.1) is 13.2 Å². The van der Waals surface area contributed by atoms with Gasteiger partial charge in [-0.1, -0.05) is 36.4 Å². The van der Waals surface area contributed by atoms with Crippen LogP contribution < -0.4 is 15.6 Å². The first-order valence-electron chi connectivity index (χ1n) is 7.81. The van der Waals surface area contributed by atoms with E-state index in [1.54, 1.807) is 7.11 Å². The van der Waals surface area contributed by atoms with Gasteiger partial charge in [-0.05, 0) is 23.6 Å². The van der Waals surface area contributed by atoms with Crippen molar-refractivity contribution < 1.29 is 9.84 Å². The number of aliphatic hydroxyl groups excluding tert-OH is 1. The second-order valence-corrected chi connectivity index (χ2v) is 5.60. The maximum atomic E-state index is 12.1. The maximum Gasteiger partial charge on any atom is 0.252 e. The van der Waals surface area contributed by atoms with E-state index in [0.29, 0.717) is 24.4 Å². The molecule has 3 N–H and O–H groups in total. The Bertz CT molecular complexity index is 889. The molecule has 0 amide bonds. The fourth-order valence-electron chi connectivity index (χ4n) is 2.72. The number of H-pyrrole nitrogens is 1. The number of benzene rings is 2. The number of aromatic nitrogens is 1. The fraction of sp³-hybridized carbons (Fsp3) is 0.211. The third-order valence-corrected chi connectivity index (χ3v) is 3.98. The van der Waals surface area contributed by atoms with E-state index in [9.17, 15) is 9.90 Å². The van der Waals surface area contributed by atoms with Gasteiger partial charge in [-0.25, -0.2) is 0 Å². The SMILES string of the molecule is COc1ccccc1[C@@H](O)CNCc1cc2ccccc2[nH]c1=O. The number of aromatic amines is 1. The first-order valence-corrected chi connectivity index (χ1v) is 7.81. The molecule has 0 aliphatic heterocycles. The molecule has 2 aromatic carbocycles. The van der Waals surface area contributed by atoms with Crippen LogP contribution in [0.25, 0.3) is 10.9 Å². The van der Waals surface area contributed by atoms with Crippen LogP contribution in [0.5, 0.6) is 5.75 Å². The van der Waals surface area contributed by atoms with Gasteiger partial charge in [0.25, 0.3) is 5.56 Å². The van der Waals surface area contributed by atoms with Gasteiger partial charge in [-0.3, -0.25) is 4.79 Å². The van der Waals surface area contributed by atoms with Crippen molar-refractivity contribution in [2.24, 2.45) is 0 Å². The molecule has 1 heterocycles. The van der Waals surface area contributed by atoms with Crippen LogP contribution in [0, 0.1) is 0 Å². The Morgan fingerprint density at radius 2 is 1.92 bits per heavy atom. The summed E-state index contributed by atoms with van der Waals surface area (Å²) in [5.74, 6) is 0.648. The summed E-state index contributed by atoms with van der Waals surface area (Å²) in [6.07, 6.45) is -0.708. The standard InChI is InChI=1S/C19H20N2O3/c1-24-18-9-5-3-7-15(18)17(22)12-20-11-14-10-13-6-2-4-8-16(13)21-19(14)23/h2-10,17,20,22H,11-12H2,1H3,(H,21,23)/t17-/m0/s1. The summed E-state index contributed by atoms with van der Waals surface area (Å²) in [5.41, 5.74) is 2.06. The molecule has 1 aromatic heterocycles. The Hall–Kier alpha value is -2.63. The van der Waals surface area contributed by atoms with Crippen LogP contribution in [-0.4, -0.2) is 23.7 Å². The van der Waals surface area contributed by atoms with Crippen molar-refractivity contribution in [3.05, 3.63) is 76.1 Å². The molecule has 1 atom stereocenters. The van der Waals surface area contributed by atoms with E-state index in [1.807, 2.05) is 54.6 Å². The summed E-state index contributed by atoms with van der Waals surface area (Å²) < 4.78 is 5.26. The van der Waals surface area contributed by atoms with E-state index in [2.05, 4.69) is 10.3 Å². The van der Waals surface area contributed by atoms with Crippen LogP contribution in [0.2, 0.25) is 0 Å². The lowest BCUT2D eigenvalue weighted by Crippen LogP contribution is -2.25. The Kier molecular flexibility index (Phi) is 4.93. The summed E-state index contributed by atoms with van der Waals surface area (Å²) in [6.45, 7) is 0.707. The van der Waals surface area contributed by atoms with Gasteiger partial charge >= 0.3 is 0 Å². The van der Waals surface area contributed by atoms with E-state index in [-0.39, 0.29) is 5.56 Å². The number of hydrogen-bond acceptors (Lipinski definition) is 4. The normalized spacial score (nSPS) is 12.2.